The first-order chi connectivity index (χ1) is 6.56. The molecule has 0 bridgehead atoms. The summed E-state index contributed by atoms with van der Waals surface area (Å²) in [6.07, 6.45) is 8.46. The summed E-state index contributed by atoms with van der Waals surface area (Å²) in [6, 6.07) is 0. The Morgan fingerprint density at radius 3 is 1.86 bits per heavy atom. The van der Waals surface area contributed by atoms with Gasteiger partial charge in [0.25, 0.3) is 0 Å². The second-order valence-electron chi connectivity index (χ2n) is 3.47. The third kappa shape index (κ3) is 12.5. The summed E-state index contributed by atoms with van der Waals surface area (Å²) in [5, 5.41) is 0. The van der Waals surface area contributed by atoms with E-state index >= 15 is 0 Å². The van der Waals surface area contributed by atoms with E-state index in [1.165, 1.54) is 32.1 Å². The highest BCUT2D eigenvalue weighted by atomic mass is 32.5. The molecule has 0 amide bonds. The summed E-state index contributed by atoms with van der Waals surface area (Å²) in [4.78, 5) is 26.0. The van der Waals surface area contributed by atoms with Gasteiger partial charge < -0.3 is 0 Å². The molecule has 5 heteroatoms. The zero-order valence-electron chi connectivity index (χ0n) is 8.85. The Morgan fingerprint density at radius 1 is 0.857 bits per heavy atom. The second kappa shape index (κ2) is 8.81. The zero-order valence-corrected chi connectivity index (χ0v) is 10.6. The van der Waals surface area contributed by atoms with Gasteiger partial charge in [-0.1, -0.05) is 39.0 Å². The minimum Gasteiger partial charge on any atom is -0.290 e. The maximum atomic E-state index is 8.68. The Morgan fingerprint density at radius 2 is 1.36 bits per heavy atom. The molecule has 0 aromatic heterocycles. The van der Waals surface area contributed by atoms with E-state index in [0.717, 1.165) is 23.8 Å². The van der Waals surface area contributed by atoms with Crippen molar-refractivity contribution in [2.75, 3.05) is 5.75 Å². The lowest BCUT2D eigenvalue weighted by Gasteiger charge is -1.96. The average Bonchev–Trinajstić information content (AvgIpc) is 2.08. The maximum absolute atomic E-state index is 8.68. The topological polar surface area (TPSA) is 60.7 Å². The summed E-state index contributed by atoms with van der Waals surface area (Å²) in [7, 11) is 0.880. The average molecular weight is 241 g/mol. The Labute approximate surface area is 90.4 Å². The highest BCUT2D eigenvalue weighted by Crippen LogP contribution is 2.31. The minimum absolute atomic E-state index is 0.644. The van der Waals surface area contributed by atoms with Crippen LogP contribution in [0.1, 0.15) is 51.9 Å². The van der Waals surface area contributed by atoms with Gasteiger partial charge in [-0.25, -0.2) is 0 Å². The summed E-state index contributed by atoms with van der Waals surface area (Å²) < 4.78 is 0. The maximum Gasteiger partial charge on any atom is 0.515 e. The van der Waals surface area contributed by atoms with E-state index in [1.807, 2.05) is 0 Å². The molecule has 0 unspecified atom stereocenters. The SMILES string of the molecule is CCCCCCCCC[S+]=P(O)(O)O. The quantitative estimate of drug-likeness (QED) is 0.347. The van der Waals surface area contributed by atoms with Crippen LogP contribution in [-0.2, 0) is 10.9 Å². The van der Waals surface area contributed by atoms with Gasteiger partial charge >= 0.3 is 6.72 Å². The van der Waals surface area contributed by atoms with E-state index in [4.69, 9.17) is 14.7 Å². The fraction of sp³-hybridized carbons (Fsp3) is 1.00. The molecule has 3 N–H and O–H groups in total. The van der Waals surface area contributed by atoms with E-state index in [-0.39, 0.29) is 0 Å². The molecule has 0 radical (unpaired) electrons. The van der Waals surface area contributed by atoms with Gasteiger partial charge in [0, 0.05) is 6.42 Å². The van der Waals surface area contributed by atoms with Crippen LogP contribution in [0.15, 0.2) is 0 Å². The molecule has 3 nitrogen and oxygen atoms in total. The third-order valence-electron chi connectivity index (χ3n) is 2.01. The lowest BCUT2D eigenvalue weighted by molar-refractivity contribution is 0.363. The van der Waals surface area contributed by atoms with Crippen LogP contribution in [-0.4, -0.2) is 20.4 Å². The highest BCUT2D eigenvalue weighted by Gasteiger charge is 2.17. The zero-order chi connectivity index (χ0) is 10.9. The van der Waals surface area contributed by atoms with Gasteiger partial charge in [-0.2, -0.15) is 0 Å². The molecular formula is C9H22O3PS+. The van der Waals surface area contributed by atoms with Gasteiger partial charge in [0.05, 0.1) is 0 Å². The Balaban J connectivity index is 3.15. The van der Waals surface area contributed by atoms with Crippen molar-refractivity contribution in [3.8, 4) is 0 Å². The predicted molar refractivity (Wildman–Crippen MR) is 63.8 cm³/mol. The smallest absolute Gasteiger partial charge is 0.290 e. The Hall–Kier alpha value is 0.530. The summed E-state index contributed by atoms with van der Waals surface area (Å²) in [5.74, 6) is 0.644. The molecule has 0 spiro atoms. The molecule has 86 valence electrons. The van der Waals surface area contributed by atoms with E-state index in [0.29, 0.717) is 5.75 Å². The minimum atomic E-state index is -3.57. The molecule has 0 aliphatic carbocycles. The van der Waals surface area contributed by atoms with Crippen molar-refractivity contribution in [2.45, 2.75) is 51.9 Å². The molecule has 0 aromatic rings. The van der Waals surface area contributed by atoms with Crippen LogP contribution < -0.4 is 0 Å². The van der Waals surface area contributed by atoms with Crippen LogP contribution >= 0.6 is 6.72 Å². The second-order valence-corrected chi connectivity index (χ2v) is 7.41. The van der Waals surface area contributed by atoms with Crippen molar-refractivity contribution >= 4 is 17.7 Å². The fourth-order valence-electron chi connectivity index (χ4n) is 1.25. The molecule has 0 saturated carbocycles. The molecule has 0 fully saturated rings. The van der Waals surface area contributed by atoms with Crippen LogP contribution in [0.4, 0.5) is 0 Å². The monoisotopic (exact) mass is 241 g/mol. The number of hydrogen-bond acceptors (Lipinski definition) is 0. The van der Waals surface area contributed by atoms with Gasteiger partial charge in [-0.3, -0.25) is 14.7 Å². The third-order valence-corrected chi connectivity index (χ3v) is 4.42. The van der Waals surface area contributed by atoms with E-state index in [9.17, 15) is 0 Å². The van der Waals surface area contributed by atoms with E-state index in [2.05, 4.69) is 6.92 Å². The standard InChI is InChI=1S/C9H22O3PS/c1-2-3-4-5-6-7-8-9-14-13(10,11)12/h10-12H,2-9H2,1H3/q+1. The van der Waals surface area contributed by atoms with Crippen LogP contribution in [0.5, 0.6) is 0 Å². The molecule has 0 rings (SSSR count). The molecule has 0 heterocycles. The summed E-state index contributed by atoms with van der Waals surface area (Å²) in [6.45, 7) is -1.37. The lowest BCUT2D eigenvalue weighted by Crippen LogP contribution is -1.86. The van der Waals surface area contributed by atoms with Crippen molar-refractivity contribution in [3.63, 3.8) is 0 Å². The van der Waals surface area contributed by atoms with Crippen molar-refractivity contribution in [3.05, 3.63) is 0 Å². The highest BCUT2D eigenvalue weighted by molar-refractivity contribution is 8.16. The van der Waals surface area contributed by atoms with Crippen LogP contribution in [0.3, 0.4) is 0 Å². The first-order valence-corrected chi connectivity index (χ1v) is 8.52. The lowest BCUT2D eigenvalue weighted by atomic mass is 10.1. The molecule has 0 aromatic carbocycles. The van der Waals surface area contributed by atoms with Crippen LogP contribution in [0.25, 0.3) is 0 Å². The van der Waals surface area contributed by atoms with E-state index < -0.39 is 6.72 Å². The number of unbranched alkanes of at least 4 members (excludes halogenated alkanes) is 6. The molecule has 0 saturated heterocycles. The van der Waals surface area contributed by atoms with Gasteiger partial charge in [-0.15, -0.1) is 0 Å². The van der Waals surface area contributed by atoms with Gasteiger partial charge in [0.2, 0.25) is 10.9 Å². The number of rotatable bonds is 8. The summed E-state index contributed by atoms with van der Waals surface area (Å²) in [5.41, 5.74) is 0. The molecule has 0 aliphatic heterocycles. The predicted octanol–water partition coefficient (Wildman–Crippen LogP) is 2.47. The number of hydrogen-bond donors (Lipinski definition) is 3. The Kier molecular flexibility index (Phi) is 9.14. The molecule has 0 atom stereocenters. The van der Waals surface area contributed by atoms with Crippen LogP contribution in [0, 0.1) is 0 Å². The van der Waals surface area contributed by atoms with Crippen molar-refractivity contribution in [2.24, 2.45) is 0 Å². The normalized spacial score (nSPS) is 11.7. The first kappa shape index (κ1) is 14.5. The van der Waals surface area contributed by atoms with Crippen molar-refractivity contribution in [1.82, 2.24) is 0 Å². The van der Waals surface area contributed by atoms with E-state index in [1.54, 1.807) is 0 Å². The fourth-order valence-corrected chi connectivity index (χ4v) is 2.95. The molecular weight excluding hydrogens is 219 g/mol. The molecule has 0 aliphatic rings. The van der Waals surface area contributed by atoms with Gasteiger partial charge in [0.1, 0.15) is 0 Å². The van der Waals surface area contributed by atoms with Crippen molar-refractivity contribution in [1.29, 1.82) is 0 Å². The Bertz CT molecular complexity index is 171. The largest absolute Gasteiger partial charge is 0.515 e. The molecule has 14 heavy (non-hydrogen) atoms. The summed E-state index contributed by atoms with van der Waals surface area (Å²) >= 11 is 0. The van der Waals surface area contributed by atoms with Gasteiger partial charge in [0.15, 0.2) is 5.75 Å². The first-order valence-electron chi connectivity index (χ1n) is 5.28. The van der Waals surface area contributed by atoms with Gasteiger partial charge in [-0.05, 0) is 6.42 Å². The van der Waals surface area contributed by atoms with Crippen molar-refractivity contribution < 1.29 is 14.7 Å². The van der Waals surface area contributed by atoms with Crippen LogP contribution in [0.2, 0.25) is 0 Å².